The zero-order chi connectivity index (χ0) is 18.3. The predicted octanol–water partition coefficient (Wildman–Crippen LogP) is 4.28. The highest BCUT2D eigenvalue weighted by Crippen LogP contribution is 2.23. The molecule has 0 saturated carbocycles. The van der Waals surface area contributed by atoms with Crippen LogP contribution in [0.3, 0.4) is 0 Å². The van der Waals surface area contributed by atoms with E-state index in [1.807, 2.05) is 12.1 Å². The topological polar surface area (TPSA) is 41.1 Å². The summed E-state index contributed by atoms with van der Waals surface area (Å²) in [5, 5.41) is 6.08. The molecule has 0 aliphatic rings. The maximum absolute atomic E-state index is 13.5. The Balaban J connectivity index is 1.67. The highest BCUT2D eigenvalue weighted by Gasteiger charge is 2.12. The van der Waals surface area contributed by atoms with Crippen molar-refractivity contribution < 1.29 is 9.18 Å². The smallest absolute Gasteiger partial charge is 0.221 e. The van der Waals surface area contributed by atoms with Crippen LogP contribution in [0, 0.1) is 5.82 Å². The van der Waals surface area contributed by atoms with Crippen LogP contribution in [-0.2, 0) is 16.6 Å². The number of anilines is 1. The van der Waals surface area contributed by atoms with Crippen LogP contribution in [0.5, 0.6) is 0 Å². The Kier molecular flexibility index (Phi) is 6.57. The van der Waals surface area contributed by atoms with Crippen molar-refractivity contribution in [2.75, 3.05) is 18.4 Å². The number of halogens is 1. The summed E-state index contributed by atoms with van der Waals surface area (Å²) in [6, 6.07) is 14.9. The van der Waals surface area contributed by atoms with Crippen molar-refractivity contribution in [1.82, 2.24) is 5.32 Å². The Labute approximate surface area is 149 Å². The number of hydrogen-bond donors (Lipinski definition) is 2. The molecule has 1 amide bonds. The van der Waals surface area contributed by atoms with Crippen molar-refractivity contribution in [3.05, 3.63) is 65.5 Å². The van der Waals surface area contributed by atoms with E-state index < -0.39 is 0 Å². The van der Waals surface area contributed by atoms with Gasteiger partial charge >= 0.3 is 0 Å². The van der Waals surface area contributed by atoms with Crippen molar-refractivity contribution in [3.8, 4) is 0 Å². The minimum atomic E-state index is -0.225. The molecule has 0 radical (unpaired) electrons. The van der Waals surface area contributed by atoms with Crippen molar-refractivity contribution in [3.63, 3.8) is 0 Å². The molecule has 0 aromatic heterocycles. The number of rotatable bonds is 7. The van der Waals surface area contributed by atoms with Gasteiger partial charge < -0.3 is 10.6 Å². The number of amides is 1. The number of benzene rings is 2. The zero-order valence-corrected chi connectivity index (χ0v) is 15.2. The van der Waals surface area contributed by atoms with Gasteiger partial charge in [0.25, 0.3) is 0 Å². The molecular weight excluding hydrogens is 315 g/mol. The summed E-state index contributed by atoms with van der Waals surface area (Å²) in [5.74, 6) is -0.257. The van der Waals surface area contributed by atoms with Crippen LogP contribution in [0.4, 0.5) is 10.1 Å². The van der Waals surface area contributed by atoms with E-state index in [0.29, 0.717) is 31.5 Å². The molecule has 0 heterocycles. The number of nitrogens with one attached hydrogen (secondary N) is 2. The molecule has 0 fully saturated rings. The van der Waals surface area contributed by atoms with E-state index >= 15 is 0 Å². The van der Waals surface area contributed by atoms with Gasteiger partial charge in [-0.15, -0.1) is 0 Å². The first-order valence-corrected chi connectivity index (χ1v) is 8.71. The van der Waals surface area contributed by atoms with Gasteiger partial charge in [0.2, 0.25) is 5.91 Å². The molecule has 0 saturated heterocycles. The standard InChI is InChI=1S/C21H27FN2O/c1-21(2,3)17-8-10-18(11-9-17)23-15-13-20(25)24-14-12-16-6-4-5-7-19(16)22/h4-11,23H,12-15H2,1-3H3,(H,24,25). The second kappa shape index (κ2) is 8.65. The minimum Gasteiger partial charge on any atom is -0.385 e. The molecule has 0 unspecified atom stereocenters. The van der Waals surface area contributed by atoms with Gasteiger partial charge in [0.1, 0.15) is 5.82 Å². The van der Waals surface area contributed by atoms with Gasteiger partial charge in [-0.2, -0.15) is 0 Å². The molecule has 0 aliphatic heterocycles. The zero-order valence-electron chi connectivity index (χ0n) is 15.2. The third-order valence-electron chi connectivity index (χ3n) is 4.11. The van der Waals surface area contributed by atoms with Crippen LogP contribution in [0.25, 0.3) is 0 Å². The molecule has 0 aliphatic carbocycles. The summed E-state index contributed by atoms with van der Waals surface area (Å²) in [6.07, 6.45) is 0.887. The maximum atomic E-state index is 13.5. The van der Waals surface area contributed by atoms with Gasteiger partial charge in [-0.1, -0.05) is 51.1 Å². The highest BCUT2D eigenvalue weighted by molar-refractivity contribution is 5.76. The van der Waals surface area contributed by atoms with Crippen molar-refractivity contribution >= 4 is 11.6 Å². The first-order chi connectivity index (χ1) is 11.9. The molecule has 25 heavy (non-hydrogen) atoms. The van der Waals surface area contributed by atoms with Crippen molar-refractivity contribution in [2.45, 2.75) is 39.0 Å². The molecule has 0 spiro atoms. The van der Waals surface area contributed by atoms with Crippen molar-refractivity contribution in [1.29, 1.82) is 0 Å². The van der Waals surface area contributed by atoms with Crippen molar-refractivity contribution in [2.24, 2.45) is 0 Å². The van der Waals surface area contributed by atoms with E-state index in [0.717, 1.165) is 5.69 Å². The molecule has 3 nitrogen and oxygen atoms in total. The number of hydrogen-bond acceptors (Lipinski definition) is 2. The van der Waals surface area contributed by atoms with Crippen LogP contribution in [0.15, 0.2) is 48.5 Å². The van der Waals surface area contributed by atoms with Gasteiger partial charge in [0.05, 0.1) is 0 Å². The Hall–Kier alpha value is -2.36. The molecule has 0 bridgehead atoms. The van der Waals surface area contributed by atoms with Crippen LogP contribution in [-0.4, -0.2) is 19.0 Å². The van der Waals surface area contributed by atoms with E-state index in [4.69, 9.17) is 0 Å². The maximum Gasteiger partial charge on any atom is 0.221 e. The third kappa shape index (κ3) is 6.22. The second-order valence-electron chi connectivity index (χ2n) is 7.20. The quantitative estimate of drug-likeness (QED) is 0.788. The first-order valence-electron chi connectivity index (χ1n) is 8.71. The normalized spacial score (nSPS) is 11.2. The van der Waals surface area contributed by atoms with E-state index in [9.17, 15) is 9.18 Å². The Morgan fingerprint density at radius 2 is 1.68 bits per heavy atom. The van der Waals surface area contributed by atoms with Gasteiger partial charge in [-0.25, -0.2) is 4.39 Å². The summed E-state index contributed by atoms with van der Waals surface area (Å²) >= 11 is 0. The third-order valence-corrected chi connectivity index (χ3v) is 4.11. The fraction of sp³-hybridized carbons (Fsp3) is 0.381. The minimum absolute atomic E-state index is 0.0323. The average Bonchev–Trinajstić information content (AvgIpc) is 2.56. The lowest BCUT2D eigenvalue weighted by atomic mass is 9.87. The SMILES string of the molecule is CC(C)(C)c1ccc(NCCC(=O)NCCc2ccccc2F)cc1. The molecule has 0 atom stereocenters. The lowest BCUT2D eigenvalue weighted by Crippen LogP contribution is -2.27. The fourth-order valence-electron chi connectivity index (χ4n) is 2.53. The number of carbonyl (C=O) groups is 1. The lowest BCUT2D eigenvalue weighted by Gasteiger charge is -2.19. The van der Waals surface area contributed by atoms with Crippen LogP contribution < -0.4 is 10.6 Å². The van der Waals surface area contributed by atoms with Crippen LogP contribution in [0.2, 0.25) is 0 Å². The highest BCUT2D eigenvalue weighted by atomic mass is 19.1. The fourth-order valence-corrected chi connectivity index (χ4v) is 2.53. The molecular formula is C21H27FN2O. The summed E-state index contributed by atoms with van der Waals surface area (Å²) < 4.78 is 13.5. The van der Waals surface area contributed by atoms with Gasteiger partial charge in [0.15, 0.2) is 0 Å². The largest absolute Gasteiger partial charge is 0.385 e. The molecule has 2 aromatic carbocycles. The van der Waals surface area contributed by atoms with Gasteiger partial charge in [-0.3, -0.25) is 4.79 Å². The Morgan fingerprint density at radius 1 is 1.00 bits per heavy atom. The summed E-state index contributed by atoms with van der Waals surface area (Å²) in [5.41, 5.74) is 3.05. The van der Waals surface area contributed by atoms with E-state index in [2.05, 4.69) is 43.5 Å². The Bertz CT molecular complexity index is 690. The van der Waals surface area contributed by atoms with E-state index in [1.165, 1.54) is 11.6 Å². The average molecular weight is 342 g/mol. The molecule has 2 rings (SSSR count). The van der Waals surface area contributed by atoms with Gasteiger partial charge in [-0.05, 0) is 41.2 Å². The molecule has 134 valence electrons. The van der Waals surface area contributed by atoms with Crippen LogP contribution >= 0.6 is 0 Å². The monoisotopic (exact) mass is 342 g/mol. The number of carbonyl (C=O) groups excluding carboxylic acids is 1. The summed E-state index contributed by atoms with van der Waals surface area (Å²) in [6.45, 7) is 7.56. The Morgan fingerprint density at radius 3 is 2.32 bits per heavy atom. The van der Waals surface area contributed by atoms with Crippen LogP contribution in [0.1, 0.15) is 38.3 Å². The van der Waals surface area contributed by atoms with Gasteiger partial charge in [0, 0.05) is 25.2 Å². The molecule has 4 heteroatoms. The lowest BCUT2D eigenvalue weighted by molar-refractivity contribution is -0.120. The van der Waals surface area contributed by atoms with E-state index in [1.54, 1.807) is 18.2 Å². The molecule has 2 aromatic rings. The molecule has 2 N–H and O–H groups in total. The predicted molar refractivity (Wildman–Crippen MR) is 101 cm³/mol. The first kappa shape index (κ1) is 19.0. The summed E-state index contributed by atoms with van der Waals surface area (Å²) in [7, 11) is 0. The summed E-state index contributed by atoms with van der Waals surface area (Å²) in [4.78, 5) is 11.8. The van der Waals surface area contributed by atoms with E-state index in [-0.39, 0.29) is 17.1 Å². The second-order valence-corrected chi connectivity index (χ2v) is 7.20.